The Balaban J connectivity index is 1.58. The number of carbonyl (C=O) groups is 1. The summed E-state index contributed by atoms with van der Waals surface area (Å²) in [6.07, 6.45) is 5.86. The van der Waals surface area contributed by atoms with Crippen LogP contribution in [0.3, 0.4) is 0 Å². The minimum atomic E-state index is -0.126. The van der Waals surface area contributed by atoms with Gasteiger partial charge in [0.05, 0.1) is 5.92 Å². The first-order valence-electron chi connectivity index (χ1n) is 11.8. The topological polar surface area (TPSA) is 36.1 Å². The van der Waals surface area contributed by atoms with E-state index in [9.17, 15) is 4.79 Å². The van der Waals surface area contributed by atoms with Crippen molar-refractivity contribution in [1.29, 1.82) is 0 Å². The average molecular weight is 437 g/mol. The van der Waals surface area contributed by atoms with E-state index in [4.69, 9.17) is 0 Å². The van der Waals surface area contributed by atoms with E-state index in [2.05, 4.69) is 73.6 Å². The number of amides is 1. The molecule has 33 heavy (non-hydrogen) atoms. The monoisotopic (exact) mass is 436 g/mol. The number of rotatable bonds is 9. The standard InChI is InChI=1S/C30H32N2O/c1-3-27(25-14-8-5-9-15-25)30(33)32(22-23(2)20-24-12-6-4-7-13-24)19-18-26-21-31-29-17-11-10-16-28(26)29/h4-17,20-21,27,31H,3,18-19,22H2,1-2H3/b23-20+. The normalized spacial score (nSPS) is 12.6. The maximum Gasteiger partial charge on any atom is 0.230 e. The zero-order valence-electron chi connectivity index (χ0n) is 19.5. The molecular weight excluding hydrogens is 404 g/mol. The Labute approximate surface area is 196 Å². The summed E-state index contributed by atoms with van der Waals surface area (Å²) in [4.78, 5) is 19.2. The third kappa shape index (κ3) is 5.61. The van der Waals surface area contributed by atoms with Crippen molar-refractivity contribution in [2.75, 3.05) is 13.1 Å². The lowest BCUT2D eigenvalue weighted by Gasteiger charge is -2.28. The predicted molar refractivity (Wildman–Crippen MR) is 138 cm³/mol. The fourth-order valence-corrected chi connectivity index (χ4v) is 4.50. The Kier molecular flexibility index (Phi) is 7.41. The molecule has 1 unspecified atom stereocenters. The van der Waals surface area contributed by atoms with Crippen molar-refractivity contribution in [2.45, 2.75) is 32.6 Å². The number of fused-ring (bicyclic) bond motifs is 1. The van der Waals surface area contributed by atoms with E-state index >= 15 is 0 Å². The summed E-state index contributed by atoms with van der Waals surface area (Å²) in [5, 5.41) is 1.23. The van der Waals surface area contributed by atoms with Crippen LogP contribution in [0.2, 0.25) is 0 Å². The van der Waals surface area contributed by atoms with Crippen LogP contribution >= 0.6 is 0 Å². The number of aromatic nitrogens is 1. The van der Waals surface area contributed by atoms with Crippen molar-refractivity contribution in [2.24, 2.45) is 0 Å². The van der Waals surface area contributed by atoms with Crippen LogP contribution in [0, 0.1) is 0 Å². The summed E-state index contributed by atoms with van der Waals surface area (Å²) >= 11 is 0. The van der Waals surface area contributed by atoms with Gasteiger partial charge in [0.25, 0.3) is 0 Å². The minimum absolute atomic E-state index is 0.126. The van der Waals surface area contributed by atoms with Crippen molar-refractivity contribution in [3.63, 3.8) is 0 Å². The molecule has 168 valence electrons. The van der Waals surface area contributed by atoms with Crippen molar-refractivity contribution < 1.29 is 4.79 Å². The van der Waals surface area contributed by atoms with Crippen LogP contribution in [0.1, 0.15) is 42.9 Å². The summed E-state index contributed by atoms with van der Waals surface area (Å²) in [6, 6.07) is 28.8. The van der Waals surface area contributed by atoms with Crippen LogP contribution < -0.4 is 0 Å². The highest BCUT2D eigenvalue weighted by Gasteiger charge is 2.24. The highest BCUT2D eigenvalue weighted by atomic mass is 16.2. The van der Waals surface area contributed by atoms with Crippen molar-refractivity contribution in [1.82, 2.24) is 9.88 Å². The number of hydrogen-bond acceptors (Lipinski definition) is 1. The molecule has 0 aliphatic rings. The van der Waals surface area contributed by atoms with Crippen molar-refractivity contribution >= 4 is 22.9 Å². The van der Waals surface area contributed by atoms with Crippen LogP contribution in [0.5, 0.6) is 0 Å². The predicted octanol–water partition coefficient (Wildman–Crippen LogP) is 6.84. The van der Waals surface area contributed by atoms with Crippen LogP contribution in [0.15, 0.2) is 96.7 Å². The molecule has 3 heteroatoms. The number of benzene rings is 3. The van der Waals surface area contributed by atoms with Gasteiger partial charge in [-0.1, -0.05) is 97.4 Å². The molecule has 1 atom stereocenters. The Bertz CT molecular complexity index is 1210. The molecule has 1 N–H and O–H groups in total. The van der Waals surface area contributed by atoms with E-state index in [1.54, 1.807) is 0 Å². The molecule has 0 aliphatic heterocycles. The van der Waals surface area contributed by atoms with E-state index in [1.165, 1.54) is 16.5 Å². The quantitative estimate of drug-likeness (QED) is 0.306. The number of para-hydroxylation sites is 1. The van der Waals surface area contributed by atoms with E-state index in [1.807, 2.05) is 47.4 Å². The molecule has 1 aromatic heterocycles. The third-order valence-electron chi connectivity index (χ3n) is 6.20. The maximum atomic E-state index is 13.8. The number of nitrogens with one attached hydrogen (secondary N) is 1. The molecular formula is C30H32N2O. The molecule has 0 radical (unpaired) electrons. The lowest BCUT2D eigenvalue weighted by Crippen LogP contribution is -2.37. The number of carbonyl (C=O) groups excluding carboxylic acids is 1. The molecule has 0 saturated carbocycles. The first-order valence-corrected chi connectivity index (χ1v) is 11.8. The van der Waals surface area contributed by atoms with Gasteiger partial charge < -0.3 is 9.88 Å². The molecule has 0 saturated heterocycles. The van der Waals surface area contributed by atoms with Crippen LogP contribution in [-0.4, -0.2) is 28.9 Å². The van der Waals surface area contributed by atoms with Gasteiger partial charge in [0.15, 0.2) is 0 Å². The fourth-order valence-electron chi connectivity index (χ4n) is 4.50. The zero-order chi connectivity index (χ0) is 23.0. The van der Waals surface area contributed by atoms with Crippen molar-refractivity contribution in [3.8, 4) is 0 Å². The van der Waals surface area contributed by atoms with Crippen molar-refractivity contribution in [3.05, 3.63) is 113 Å². The van der Waals surface area contributed by atoms with Crippen LogP contribution in [0.25, 0.3) is 17.0 Å². The molecule has 4 aromatic rings. The maximum absolute atomic E-state index is 13.8. The van der Waals surface area contributed by atoms with E-state index in [0.717, 1.165) is 29.5 Å². The summed E-state index contributed by atoms with van der Waals surface area (Å²) < 4.78 is 0. The summed E-state index contributed by atoms with van der Waals surface area (Å²) in [5.74, 6) is 0.0723. The van der Waals surface area contributed by atoms with Gasteiger partial charge in [0.2, 0.25) is 5.91 Å². The van der Waals surface area contributed by atoms with Gasteiger partial charge in [-0.05, 0) is 42.5 Å². The first kappa shape index (κ1) is 22.6. The second kappa shape index (κ2) is 10.8. The number of aromatic amines is 1. The molecule has 0 fully saturated rings. The van der Waals surface area contributed by atoms with Gasteiger partial charge >= 0.3 is 0 Å². The molecule has 3 aromatic carbocycles. The highest BCUT2D eigenvalue weighted by molar-refractivity contribution is 5.85. The van der Waals surface area contributed by atoms with Gasteiger partial charge in [-0.25, -0.2) is 0 Å². The fraction of sp³-hybridized carbons (Fsp3) is 0.233. The van der Waals surface area contributed by atoms with Crippen LogP contribution in [0.4, 0.5) is 0 Å². The highest BCUT2D eigenvalue weighted by Crippen LogP contribution is 2.24. The van der Waals surface area contributed by atoms with E-state index < -0.39 is 0 Å². The number of hydrogen-bond donors (Lipinski definition) is 1. The molecule has 4 rings (SSSR count). The van der Waals surface area contributed by atoms with Crippen LogP contribution in [-0.2, 0) is 11.2 Å². The average Bonchev–Trinajstić information content (AvgIpc) is 3.26. The number of nitrogens with zero attached hydrogens (tertiary/aromatic N) is 1. The molecule has 1 heterocycles. The second-order valence-electron chi connectivity index (χ2n) is 8.64. The van der Waals surface area contributed by atoms with Gasteiger partial charge in [-0.2, -0.15) is 0 Å². The molecule has 1 amide bonds. The summed E-state index contributed by atoms with van der Waals surface area (Å²) in [6.45, 7) is 5.52. The summed E-state index contributed by atoms with van der Waals surface area (Å²) in [5.41, 5.74) is 5.82. The lowest BCUT2D eigenvalue weighted by molar-refractivity contribution is -0.132. The summed E-state index contributed by atoms with van der Waals surface area (Å²) in [7, 11) is 0. The van der Waals surface area contributed by atoms with E-state index in [0.29, 0.717) is 13.1 Å². The molecule has 3 nitrogen and oxygen atoms in total. The minimum Gasteiger partial charge on any atom is -0.361 e. The Morgan fingerprint density at radius 2 is 1.61 bits per heavy atom. The van der Waals surface area contributed by atoms with Gasteiger partial charge in [0, 0.05) is 30.2 Å². The second-order valence-corrected chi connectivity index (χ2v) is 8.64. The van der Waals surface area contributed by atoms with Gasteiger partial charge in [-0.15, -0.1) is 0 Å². The SMILES string of the molecule is CCC(C(=O)N(CCc1c[nH]c2ccccc12)C/C(C)=C/c1ccccc1)c1ccccc1. The van der Waals surface area contributed by atoms with Gasteiger partial charge in [-0.3, -0.25) is 4.79 Å². The lowest BCUT2D eigenvalue weighted by atomic mass is 9.94. The molecule has 0 spiro atoms. The van der Waals surface area contributed by atoms with E-state index in [-0.39, 0.29) is 11.8 Å². The smallest absolute Gasteiger partial charge is 0.230 e. The third-order valence-corrected chi connectivity index (χ3v) is 6.20. The molecule has 0 aliphatic carbocycles. The van der Waals surface area contributed by atoms with Gasteiger partial charge in [0.1, 0.15) is 0 Å². The zero-order valence-corrected chi connectivity index (χ0v) is 19.5. The molecule has 0 bridgehead atoms. The number of H-pyrrole nitrogens is 1. The Hall–Kier alpha value is -3.59. The largest absolute Gasteiger partial charge is 0.361 e. The Morgan fingerprint density at radius 1 is 0.939 bits per heavy atom. The first-order chi connectivity index (χ1) is 16.2. The Morgan fingerprint density at radius 3 is 2.33 bits per heavy atom.